The van der Waals surface area contributed by atoms with Gasteiger partial charge in [0.2, 0.25) is 0 Å². The van der Waals surface area contributed by atoms with Gasteiger partial charge in [-0.3, -0.25) is 9.59 Å². The molecular formula is C15H24N4O2. The maximum atomic E-state index is 11.7. The molecular weight excluding hydrogens is 268 g/mol. The number of nitrogens with zero attached hydrogens (tertiary/aromatic N) is 2. The molecule has 0 radical (unpaired) electrons. The molecule has 0 aromatic heterocycles. The number of hydrogen-bond donors (Lipinski definition) is 2. The van der Waals surface area contributed by atoms with Crippen molar-refractivity contribution in [2.45, 2.75) is 6.42 Å². The first-order chi connectivity index (χ1) is 9.90. The predicted molar refractivity (Wildman–Crippen MR) is 85.6 cm³/mol. The van der Waals surface area contributed by atoms with Gasteiger partial charge in [0.25, 0.3) is 0 Å². The van der Waals surface area contributed by atoms with E-state index in [9.17, 15) is 9.59 Å². The average Bonchev–Trinajstić information content (AvgIpc) is 2.43. The number of benzene rings is 1. The Morgan fingerprint density at radius 2 is 1.62 bits per heavy atom. The molecule has 0 aliphatic rings. The molecule has 1 aromatic rings. The van der Waals surface area contributed by atoms with Gasteiger partial charge in [0.05, 0.1) is 0 Å². The molecule has 0 saturated carbocycles. The molecule has 0 saturated heterocycles. The van der Waals surface area contributed by atoms with Crippen LogP contribution in [-0.4, -0.2) is 58.0 Å². The summed E-state index contributed by atoms with van der Waals surface area (Å²) in [6.07, 6.45) is 0.809. The van der Waals surface area contributed by atoms with Crippen molar-refractivity contribution in [1.82, 2.24) is 10.2 Å². The van der Waals surface area contributed by atoms with Crippen LogP contribution in [0.1, 0.15) is 6.42 Å². The van der Waals surface area contributed by atoms with Gasteiger partial charge in [0.15, 0.2) is 0 Å². The van der Waals surface area contributed by atoms with Crippen LogP contribution in [0.3, 0.4) is 0 Å². The summed E-state index contributed by atoms with van der Waals surface area (Å²) in [5.74, 6) is -1.25. The molecule has 6 heteroatoms. The lowest BCUT2D eigenvalue weighted by Crippen LogP contribution is -2.36. The minimum Gasteiger partial charge on any atom is -0.378 e. The van der Waals surface area contributed by atoms with Crippen molar-refractivity contribution in [3.05, 3.63) is 24.3 Å². The summed E-state index contributed by atoms with van der Waals surface area (Å²) in [4.78, 5) is 27.3. The Balaban J connectivity index is 2.39. The van der Waals surface area contributed by atoms with Crippen LogP contribution in [0.15, 0.2) is 24.3 Å². The van der Waals surface area contributed by atoms with Crippen LogP contribution in [0, 0.1) is 0 Å². The van der Waals surface area contributed by atoms with Crippen molar-refractivity contribution in [1.29, 1.82) is 0 Å². The zero-order chi connectivity index (χ0) is 15.8. The second-order valence-corrected chi connectivity index (χ2v) is 5.31. The molecule has 0 bridgehead atoms. The number of carbonyl (C=O) groups excluding carboxylic acids is 2. The zero-order valence-corrected chi connectivity index (χ0v) is 13.1. The molecule has 0 atom stereocenters. The van der Waals surface area contributed by atoms with Crippen molar-refractivity contribution in [3.8, 4) is 0 Å². The van der Waals surface area contributed by atoms with E-state index < -0.39 is 11.8 Å². The molecule has 1 aromatic carbocycles. The molecule has 0 spiro atoms. The van der Waals surface area contributed by atoms with E-state index in [0.29, 0.717) is 12.2 Å². The van der Waals surface area contributed by atoms with Crippen LogP contribution >= 0.6 is 0 Å². The fraction of sp³-hybridized carbons (Fsp3) is 0.467. The lowest BCUT2D eigenvalue weighted by Gasteiger charge is -2.13. The van der Waals surface area contributed by atoms with Gasteiger partial charge in [0, 0.05) is 32.0 Å². The van der Waals surface area contributed by atoms with Gasteiger partial charge in [-0.2, -0.15) is 0 Å². The minimum atomic E-state index is -0.641. The molecule has 0 unspecified atom stereocenters. The molecule has 2 amide bonds. The van der Waals surface area contributed by atoms with Crippen LogP contribution < -0.4 is 15.5 Å². The molecule has 1 rings (SSSR count). The van der Waals surface area contributed by atoms with Crippen LogP contribution in [0.25, 0.3) is 0 Å². The lowest BCUT2D eigenvalue weighted by atomic mass is 10.2. The number of hydrogen-bond acceptors (Lipinski definition) is 4. The van der Waals surface area contributed by atoms with E-state index in [2.05, 4.69) is 10.6 Å². The Bertz CT molecular complexity index is 469. The van der Waals surface area contributed by atoms with E-state index in [1.165, 1.54) is 0 Å². The Labute approximate surface area is 126 Å². The highest BCUT2D eigenvalue weighted by molar-refractivity contribution is 6.39. The van der Waals surface area contributed by atoms with Crippen LogP contribution in [0.4, 0.5) is 11.4 Å². The molecule has 2 N–H and O–H groups in total. The van der Waals surface area contributed by atoms with Crippen LogP contribution in [-0.2, 0) is 9.59 Å². The third kappa shape index (κ3) is 6.27. The average molecular weight is 292 g/mol. The van der Waals surface area contributed by atoms with Crippen molar-refractivity contribution >= 4 is 23.2 Å². The quantitative estimate of drug-likeness (QED) is 0.600. The second kappa shape index (κ2) is 8.26. The van der Waals surface area contributed by atoms with Crippen LogP contribution in [0.5, 0.6) is 0 Å². The SMILES string of the molecule is CN(C)CCCNC(=O)C(=O)Nc1ccc(N(C)C)cc1. The molecule has 116 valence electrons. The first-order valence-electron chi connectivity index (χ1n) is 6.91. The number of nitrogens with one attached hydrogen (secondary N) is 2. The Hall–Kier alpha value is -2.08. The van der Waals surface area contributed by atoms with E-state index in [1.54, 1.807) is 12.1 Å². The monoisotopic (exact) mass is 292 g/mol. The number of rotatable bonds is 6. The normalized spacial score (nSPS) is 10.3. The molecule has 0 aliphatic carbocycles. The summed E-state index contributed by atoms with van der Waals surface area (Å²) in [7, 11) is 7.81. The maximum Gasteiger partial charge on any atom is 0.313 e. The highest BCUT2D eigenvalue weighted by Crippen LogP contribution is 2.15. The summed E-state index contributed by atoms with van der Waals surface area (Å²) in [5, 5.41) is 5.18. The molecule has 0 aliphatic heterocycles. The number of carbonyl (C=O) groups is 2. The first kappa shape index (κ1) is 17.0. The second-order valence-electron chi connectivity index (χ2n) is 5.31. The van der Waals surface area contributed by atoms with Gasteiger partial charge >= 0.3 is 11.8 Å². The van der Waals surface area contributed by atoms with E-state index in [1.807, 2.05) is 50.1 Å². The Morgan fingerprint density at radius 3 is 2.14 bits per heavy atom. The Kier molecular flexibility index (Phi) is 6.68. The van der Waals surface area contributed by atoms with Crippen LogP contribution in [0.2, 0.25) is 0 Å². The third-order valence-corrected chi connectivity index (χ3v) is 2.92. The van der Waals surface area contributed by atoms with Crippen molar-refractivity contribution in [2.75, 3.05) is 51.5 Å². The van der Waals surface area contributed by atoms with Crippen molar-refractivity contribution in [3.63, 3.8) is 0 Å². The van der Waals surface area contributed by atoms with Gasteiger partial charge in [0.1, 0.15) is 0 Å². The van der Waals surface area contributed by atoms with Crippen molar-refractivity contribution in [2.24, 2.45) is 0 Å². The van der Waals surface area contributed by atoms with Crippen molar-refractivity contribution < 1.29 is 9.59 Å². The van der Waals surface area contributed by atoms with Gasteiger partial charge in [-0.25, -0.2) is 0 Å². The minimum absolute atomic E-state index is 0.490. The molecule has 0 heterocycles. The lowest BCUT2D eigenvalue weighted by molar-refractivity contribution is -0.136. The van der Waals surface area contributed by atoms with Gasteiger partial charge < -0.3 is 20.4 Å². The highest BCUT2D eigenvalue weighted by Gasteiger charge is 2.12. The summed E-state index contributed by atoms with van der Waals surface area (Å²) in [6, 6.07) is 7.30. The first-order valence-corrected chi connectivity index (χ1v) is 6.91. The Morgan fingerprint density at radius 1 is 1.00 bits per heavy atom. The number of amides is 2. The topological polar surface area (TPSA) is 64.7 Å². The summed E-state index contributed by atoms with van der Waals surface area (Å²) < 4.78 is 0. The fourth-order valence-corrected chi connectivity index (χ4v) is 1.71. The zero-order valence-electron chi connectivity index (χ0n) is 13.1. The summed E-state index contributed by atoms with van der Waals surface area (Å²) in [6.45, 7) is 1.36. The standard InChI is InChI=1S/C15H24N4O2/c1-18(2)11-5-10-16-14(20)15(21)17-12-6-8-13(9-7-12)19(3)4/h6-9H,5,10-11H2,1-4H3,(H,16,20)(H,17,21). The smallest absolute Gasteiger partial charge is 0.313 e. The largest absolute Gasteiger partial charge is 0.378 e. The molecule has 21 heavy (non-hydrogen) atoms. The van der Waals surface area contributed by atoms with E-state index in [4.69, 9.17) is 0 Å². The predicted octanol–water partition coefficient (Wildman–Crippen LogP) is 0.759. The van der Waals surface area contributed by atoms with Gasteiger partial charge in [-0.05, 0) is 51.3 Å². The fourth-order valence-electron chi connectivity index (χ4n) is 1.71. The van der Waals surface area contributed by atoms with E-state index in [-0.39, 0.29) is 0 Å². The van der Waals surface area contributed by atoms with Gasteiger partial charge in [-0.15, -0.1) is 0 Å². The van der Waals surface area contributed by atoms with E-state index in [0.717, 1.165) is 18.7 Å². The summed E-state index contributed by atoms with van der Waals surface area (Å²) >= 11 is 0. The maximum absolute atomic E-state index is 11.7. The number of anilines is 2. The third-order valence-electron chi connectivity index (χ3n) is 2.92. The van der Waals surface area contributed by atoms with E-state index >= 15 is 0 Å². The van der Waals surface area contributed by atoms with Gasteiger partial charge in [-0.1, -0.05) is 0 Å². The molecule has 0 fully saturated rings. The highest BCUT2D eigenvalue weighted by atomic mass is 16.2. The summed E-state index contributed by atoms with van der Waals surface area (Å²) in [5.41, 5.74) is 1.63. The molecule has 6 nitrogen and oxygen atoms in total.